The summed E-state index contributed by atoms with van der Waals surface area (Å²) in [6.07, 6.45) is 1.65. The van der Waals surface area contributed by atoms with Crippen molar-refractivity contribution >= 4 is 16.7 Å². The summed E-state index contributed by atoms with van der Waals surface area (Å²) in [5, 5.41) is 5.01. The number of fused-ring (bicyclic) bond motifs is 1. The normalized spacial score (nSPS) is 10.4. The van der Waals surface area contributed by atoms with Gasteiger partial charge in [0.1, 0.15) is 5.75 Å². The molecule has 24 heavy (non-hydrogen) atoms. The molecule has 0 radical (unpaired) electrons. The number of nitrogens with one attached hydrogen (secondary N) is 1. The average Bonchev–Trinajstić information content (AvgIpc) is 2.64. The van der Waals surface area contributed by atoms with Crippen molar-refractivity contribution in [2.45, 2.75) is 6.54 Å². The smallest absolute Gasteiger partial charge is 0.258 e. The zero-order chi connectivity index (χ0) is 16.8. The van der Waals surface area contributed by atoms with Gasteiger partial charge in [0, 0.05) is 18.3 Å². The number of hydrogen-bond acceptors (Lipinski definition) is 4. The molecular formula is C19H18N2O3. The van der Waals surface area contributed by atoms with Gasteiger partial charge in [0.05, 0.1) is 7.11 Å². The molecule has 5 heteroatoms. The summed E-state index contributed by atoms with van der Waals surface area (Å²) in [6.45, 7) is 0.303. The maximum absolute atomic E-state index is 12.0. The number of methoxy groups -OCH3 is 1. The van der Waals surface area contributed by atoms with Crippen molar-refractivity contribution in [3.8, 4) is 11.6 Å². The molecule has 0 fully saturated rings. The minimum Gasteiger partial charge on any atom is -0.484 e. The van der Waals surface area contributed by atoms with E-state index < -0.39 is 0 Å². The van der Waals surface area contributed by atoms with E-state index in [0.717, 1.165) is 16.3 Å². The fourth-order valence-corrected chi connectivity index (χ4v) is 2.39. The predicted octanol–water partition coefficient (Wildman–Crippen LogP) is 2.94. The molecular weight excluding hydrogens is 304 g/mol. The molecule has 1 heterocycles. The first-order valence-corrected chi connectivity index (χ1v) is 7.62. The van der Waals surface area contributed by atoms with E-state index in [1.807, 2.05) is 48.5 Å². The fourth-order valence-electron chi connectivity index (χ4n) is 2.39. The van der Waals surface area contributed by atoms with Crippen LogP contribution in [0.5, 0.6) is 11.6 Å². The number of ether oxygens (including phenoxy) is 2. The number of hydrogen-bond donors (Lipinski definition) is 1. The molecule has 0 saturated heterocycles. The van der Waals surface area contributed by atoms with Crippen LogP contribution in [0.25, 0.3) is 10.8 Å². The summed E-state index contributed by atoms with van der Waals surface area (Å²) in [4.78, 5) is 16.0. The molecule has 0 spiro atoms. The number of benzene rings is 2. The van der Waals surface area contributed by atoms with Crippen LogP contribution in [0.2, 0.25) is 0 Å². The van der Waals surface area contributed by atoms with E-state index in [1.54, 1.807) is 19.4 Å². The van der Waals surface area contributed by atoms with Crippen LogP contribution in [0.15, 0.2) is 60.8 Å². The standard InChI is InChI=1S/C19H18N2O3/c1-23-19-16(7-4-10-20-19)12-21-18(22)13-24-17-9-8-14-5-2-3-6-15(14)11-17/h2-11H,12-13H2,1H3,(H,21,22). The summed E-state index contributed by atoms with van der Waals surface area (Å²) in [6, 6.07) is 17.4. The predicted molar refractivity (Wildman–Crippen MR) is 92.1 cm³/mol. The van der Waals surface area contributed by atoms with Crippen molar-refractivity contribution in [2.75, 3.05) is 13.7 Å². The number of amides is 1. The lowest BCUT2D eigenvalue weighted by Gasteiger charge is -2.10. The first-order chi connectivity index (χ1) is 11.8. The Balaban J connectivity index is 1.55. The summed E-state index contributed by atoms with van der Waals surface area (Å²) in [5.74, 6) is 0.977. The van der Waals surface area contributed by atoms with Crippen LogP contribution in [0.3, 0.4) is 0 Å². The number of carbonyl (C=O) groups is 1. The molecule has 0 unspecified atom stereocenters. The number of aromatic nitrogens is 1. The van der Waals surface area contributed by atoms with Gasteiger partial charge in [-0.25, -0.2) is 4.98 Å². The van der Waals surface area contributed by atoms with E-state index in [9.17, 15) is 4.79 Å². The molecule has 3 aromatic rings. The van der Waals surface area contributed by atoms with Crippen molar-refractivity contribution in [2.24, 2.45) is 0 Å². The van der Waals surface area contributed by atoms with Crippen LogP contribution < -0.4 is 14.8 Å². The van der Waals surface area contributed by atoms with Gasteiger partial charge in [-0.1, -0.05) is 36.4 Å². The van der Waals surface area contributed by atoms with Crippen molar-refractivity contribution < 1.29 is 14.3 Å². The van der Waals surface area contributed by atoms with E-state index in [2.05, 4.69) is 10.3 Å². The van der Waals surface area contributed by atoms with Gasteiger partial charge in [0.25, 0.3) is 5.91 Å². The van der Waals surface area contributed by atoms with Gasteiger partial charge < -0.3 is 14.8 Å². The van der Waals surface area contributed by atoms with Crippen LogP contribution in [0.1, 0.15) is 5.56 Å². The second kappa shape index (κ2) is 7.46. The molecule has 1 aromatic heterocycles. The number of pyridine rings is 1. The number of carbonyl (C=O) groups excluding carboxylic acids is 1. The van der Waals surface area contributed by atoms with Crippen molar-refractivity contribution in [1.29, 1.82) is 0 Å². The third-order valence-corrected chi connectivity index (χ3v) is 3.61. The summed E-state index contributed by atoms with van der Waals surface area (Å²) in [7, 11) is 1.55. The van der Waals surface area contributed by atoms with E-state index in [1.165, 1.54) is 0 Å². The monoisotopic (exact) mass is 322 g/mol. The third kappa shape index (κ3) is 3.81. The lowest BCUT2D eigenvalue weighted by atomic mass is 10.1. The van der Waals surface area contributed by atoms with Crippen LogP contribution in [-0.2, 0) is 11.3 Å². The quantitative estimate of drug-likeness (QED) is 0.758. The van der Waals surface area contributed by atoms with Gasteiger partial charge in [-0.2, -0.15) is 0 Å². The van der Waals surface area contributed by atoms with Gasteiger partial charge in [-0.15, -0.1) is 0 Å². The average molecular weight is 322 g/mol. The maximum atomic E-state index is 12.0. The Hall–Kier alpha value is -3.08. The first kappa shape index (κ1) is 15.8. The molecule has 2 aromatic carbocycles. The van der Waals surface area contributed by atoms with Gasteiger partial charge in [0.2, 0.25) is 5.88 Å². The maximum Gasteiger partial charge on any atom is 0.258 e. The Morgan fingerprint density at radius 1 is 1.08 bits per heavy atom. The molecule has 1 N–H and O–H groups in total. The lowest BCUT2D eigenvalue weighted by Crippen LogP contribution is -2.28. The summed E-state index contributed by atoms with van der Waals surface area (Å²) < 4.78 is 10.7. The highest BCUT2D eigenvalue weighted by Crippen LogP contribution is 2.20. The molecule has 5 nitrogen and oxygen atoms in total. The largest absolute Gasteiger partial charge is 0.484 e. The SMILES string of the molecule is COc1ncccc1CNC(=O)COc1ccc2ccccc2c1. The topological polar surface area (TPSA) is 60.5 Å². The zero-order valence-electron chi connectivity index (χ0n) is 13.4. The number of rotatable bonds is 6. The van der Waals surface area contributed by atoms with E-state index >= 15 is 0 Å². The molecule has 0 aliphatic carbocycles. The van der Waals surface area contributed by atoms with E-state index in [4.69, 9.17) is 9.47 Å². The Labute approximate surface area is 140 Å². The Bertz CT molecular complexity index is 849. The highest BCUT2D eigenvalue weighted by molar-refractivity contribution is 5.84. The minimum absolute atomic E-state index is 0.0408. The molecule has 0 bridgehead atoms. The van der Waals surface area contributed by atoms with Crippen LogP contribution >= 0.6 is 0 Å². The van der Waals surface area contributed by atoms with Gasteiger partial charge in [-0.3, -0.25) is 4.79 Å². The Morgan fingerprint density at radius 2 is 1.92 bits per heavy atom. The summed E-state index contributed by atoms with van der Waals surface area (Å²) in [5.41, 5.74) is 0.819. The fraction of sp³-hybridized carbons (Fsp3) is 0.158. The second-order valence-corrected chi connectivity index (χ2v) is 5.25. The second-order valence-electron chi connectivity index (χ2n) is 5.25. The lowest BCUT2D eigenvalue weighted by molar-refractivity contribution is -0.123. The molecule has 0 saturated carbocycles. The summed E-state index contributed by atoms with van der Waals surface area (Å²) >= 11 is 0. The molecule has 0 aliphatic rings. The highest BCUT2D eigenvalue weighted by Gasteiger charge is 2.07. The van der Waals surface area contributed by atoms with Gasteiger partial charge in [-0.05, 0) is 29.0 Å². The molecule has 3 rings (SSSR count). The van der Waals surface area contributed by atoms with Crippen molar-refractivity contribution in [3.63, 3.8) is 0 Å². The molecule has 1 amide bonds. The third-order valence-electron chi connectivity index (χ3n) is 3.61. The number of nitrogens with zero attached hydrogens (tertiary/aromatic N) is 1. The van der Waals surface area contributed by atoms with E-state index in [0.29, 0.717) is 18.2 Å². The van der Waals surface area contributed by atoms with Crippen LogP contribution in [-0.4, -0.2) is 24.6 Å². The highest BCUT2D eigenvalue weighted by atomic mass is 16.5. The Kier molecular flexibility index (Phi) is 4.91. The van der Waals surface area contributed by atoms with Crippen LogP contribution in [0, 0.1) is 0 Å². The van der Waals surface area contributed by atoms with Gasteiger partial charge in [0.15, 0.2) is 6.61 Å². The minimum atomic E-state index is -0.200. The van der Waals surface area contributed by atoms with Crippen molar-refractivity contribution in [1.82, 2.24) is 10.3 Å². The van der Waals surface area contributed by atoms with Crippen molar-refractivity contribution in [3.05, 3.63) is 66.4 Å². The molecule has 122 valence electrons. The molecule has 0 atom stereocenters. The molecule has 0 aliphatic heterocycles. The zero-order valence-corrected chi connectivity index (χ0v) is 13.4. The Morgan fingerprint density at radius 3 is 2.75 bits per heavy atom. The first-order valence-electron chi connectivity index (χ1n) is 7.62. The van der Waals surface area contributed by atoms with E-state index in [-0.39, 0.29) is 12.5 Å². The van der Waals surface area contributed by atoms with Gasteiger partial charge >= 0.3 is 0 Å². The van der Waals surface area contributed by atoms with Crippen LogP contribution in [0.4, 0.5) is 0 Å².